The van der Waals surface area contributed by atoms with Crippen molar-refractivity contribution in [2.45, 2.75) is 76.4 Å². The van der Waals surface area contributed by atoms with Crippen molar-refractivity contribution in [1.29, 1.82) is 0 Å². The SMILES string of the molecule is CCC1CC(N[S+]([O-])C(C)(C)C)CCC(c2c([N+](=O)[O-])cnn2C)O1. The summed E-state index contributed by atoms with van der Waals surface area (Å²) >= 11 is -1.15. The molecule has 1 aromatic rings. The van der Waals surface area contributed by atoms with Gasteiger partial charge in [0.05, 0.1) is 17.1 Å². The largest absolute Gasteiger partial charge is 0.598 e. The fraction of sp³-hybridized carbons (Fsp3) is 0.812. The average molecular weight is 372 g/mol. The summed E-state index contributed by atoms with van der Waals surface area (Å²) < 4.78 is 23.0. The predicted molar refractivity (Wildman–Crippen MR) is 96.4 cm³/mol. The van der Waals surface area contributed by atoms with E-state index in [0.717, 1.165) is 19.3 Å². The highest BCUT2D eigenvalue weighted by atomic mass is 32.2. The highest BCUT2D eigenvalue weighted by Crippen LogP contribution is 2.36. The van der Waals surface area contributed by atoms with E-state index in [9.17, 15) is 14.7 Å². The molecule has 0 bridgehead atoms. The summed E-state index contributed by atoms with van der Waals surface area (Å²) in [6.07, 6.45) is 3.74. The molecule has 0 spiro atoms. The van der Waals surface area contributed by atoms with Crippen LogP contribution in [0, 0.1) is 10.1 Å². The Hall–Kier alpha value is -1.16. The molecule has 2 rings (SSSR count). The fourth-order valence-electron chi connectivity index (χ4n) is 2.99. The van der Waals surface area contributed by atoms with Crippen LogP contribution in [0.3, 0.4) is 0 Å². The van der Waals surface area contributed by atoms with Gasteiger partial charge in [0.2, 0.25) is 0 Å². The normalized spacial score (nSPS) is 26.2. The number of aryl methyl sites for hydroxylation is 1. The van der Waals surface area contributed by atoms with Gasteiger partial charge in [0.25, 0.3) is 0 Å². The summed E-state index contributed by atoms with van der Waals surface area (Å²) in [5, 5.41) is 15.3. The van der Waals surface area contributed by atoms with Gasteiger partial charge in [-0.2, -0.15) is 5.10 Å². The molecule has 2 heterocycles. The number of aromatic nitrogens is 2. The van der Waals surface area contributed by atoms with Crippen molar-refractivity contribution in [3.8, 4) is 0 Å². The van der Waals surface area contributed by atoms with E-state index in [1.165, 1.54) is 10.9 Å². The van der Waals surface area contributed by atoms with Crippen molar-refractivity contribution < 1.29 is 14.2 Å². The molecular weight excluding hydrogens is 344 g/mol. The van der Waals surface area contributed by atoms with Gasteiger partial charge in [0.15, 0.2) is 0 Å². The molecule has 8 nitrogen and oxygen atoms in total. The Kier molecular flexibility index (Phi) is 6.47. The van der Waals surface area contributed by atoms with Crippen LogP contribution in [0.2, 0.25) is 0 Å². The number of ether oxygens (including phenoxy) is 1. The lowest BCUT2D eigenvalue weighted by Gasteiger charge is -2.28. The Bertz CT molecular complexity index is 601. The first-order valence-corrected chi connectivity index (χ1v) is 9.78. The van der Waals surface area contributed by atoms with Crippen LogP contribution >= 0.6 is 0 Å². The van der Waals surface area contributed by atoms with Crippen LogP contribution < -0.4 is 4.72 Å². The van der Waals surface area contributed by atoms with Crippen LogP contribution in [0.4, 0.5) is 5.69 Å². The number of rotatable bonds is 5. The van der Waals surface area contributed by atoms with Gasteiger partial charge in [-0.15, -0.1) is 4.72 Å². The molecule has 0 aromatic carbocycles. The van der Waals surface area contributed by atoms with Crippen LogP contribution in [0.25, 0.3) is 0 Å². The lowest BCUT2D eigenvalue weighted by molar-refractivity contribution is -0.386. The minimum Gasteiger partial charge on any atom is -0.598 e. The maximum atomic E-state index is 12.4. The highest BCUT2D eigenvalue weighted by Gasteiger charge is 2.36. The Morgan fingerprint density at radius 3 is 2.72 bits per heavy atom. The van der Waals surface area contributed by atoms with Crippen LogP contribution in [0.1, 0.15) is 65.2 Å². The van der Waals surface area contributed by atoms with E-state index < -0.39 is 16.3 Å². The third-order valence-electron chi connectivity index (χ3n) is 4.43. The zero-order chi connectivity index (χ0) is 18.8. The molecule has 0 radical (unpaired) electrons. The van der Waals surface area contributed by atoms with Gasteiger partial charge in [-0.25, -0.2) is 0 Å². The van der Waals surface area contributed by atoms with E-state index in [2.05, 4.69) is 9.82 Å². The van der Waals surface area contributed by atoms with Crippen molar-refractivity contribution >= 4 is 17.0 Å². The monoisotopic (exact) mass is 372 g/mol. The van der Waals surface area contributed by atoms with Crippen molar-refractivity contribution in [2.75, 3.05) is 0 Å². The van der Waals surface area contributed by atoms with Crippen molar-refractivity contribution in [3.63, 3.8) is 0 Å². The van der Waals surface area contributed by atoms with Gasteiger partial charge >= 0.3 is 5.69 Å². The van der Waals surface area contributed by atoms with Gasteiger partial charge < -0.3 is 9.29 Å². The second kappa shape index (κ2) is 8.03. The maximum absolute atomic E-state index is 12.4. The molecule has 1 aromatic heterocycles. The van der Waals surface area contributed by atoms with E-state index in [1.807, 2.05) is 27.7 Å². The zero-order valence-corrected chi connectivity index (χ0v) is 16.3. The highest BCUT2D eigenvalue weighted by molar-refractivity contribution is 7.90. The Balaban J connectivity index is 2.17. The molecule has 4 atom stereocenters. The number of hydrogen-bond acceptors (Lipinski definition) is 6. The lowest BCUT2D eigenvalue weighted by atomic mass is 10.0. The molecule has 25 heavy (non-hydrogen) atoms. The van der Waals surface area contributed by atoms with Gasteiger partial charge in [-0.3, -0.25) is 14.8 Å². The van der Waals surface area contributed by atoms with Crippen LogP contribution in [0.15, 0.2) is 6.20 Å². The number of hydrogen-bond donors (Lipinski definition) is 1. The first-order valence-electron chi connectivity index (χ1n) is 8.63. The first kappa shape index (κ1) is 20.2. The standard InChI is InChI=1S/C16H28N4O4S/c1-6-12-9-11(18-25(23)16(2,3)4)7-8-14(24-12)15-13(20(21)22)10-17-19(15)5/h10-12,14,18H,6-9H2,1-5H3. The number of nitro groups is 1. The Morgan fingerprint density at radius 1 is 1.48 bits per heavy atom. The van der Waals surface area contributed by atoms with E-state index in [0.29, 0.717) is 12.1 Å². The van der Waals surface area contributed by atoms with Crippen molar-refractivity contribution in [1.82, 2.24) is 14.5 Å². The van der Waals surface area contributed by atoms with Crippen LogP contribution in [0.5, 0.6) is 0 Å². The summed E-state index contributed by atoms with van der Waals surface area (Å²) in [6.45, 7) is 7.83. The minimum atomic E-state index is -1.15. The molecule has 0 amide bonds. The van der Waals surface area contributed by atoms with E-state index in [-0.39, 0.29) is 28.7 Å². The molecule has 1 fully saturated rings. The van der Waals surface area contributed by atoms with Gasteiger partial charge in [-0.1, -0.05) is 6.92 Å². The third kappa shape index (κ3) is 4.93. The molecule has 9 heteroatoms. The molecule has 1 saturated heterocycles. The number of nitrogens with one attached hydrogen (secondary N) is 1. The minimum absolute atomic E-state index is 0.00738. The summed E-state index contributed by atoms with van der Waals surface area (Å²) in [5.41, 5.74) is 0.494. The predicted octanol–water partition coefficient (Wildman–Crippen LogP) is 2.77. The second-order valence-electron chi connectivity index (χ2n) is 7.46. The summed E-state index contributed by atoms with van der Waals surface area (Å²) in [4.78, 5) is 10.9. The third-order valence-corrected chi connectivity index (χ3v) is 6.09. The van der Waals surface area contributed by atoms with E-state index >= 15 is 0 Å². The van der Waals surface area contributed by atoms with E-state index in [4.69, 9.17) is 4.74 Å². The quantitative estimate of drug-likeness (QED) is 0.484. The van der Waals surface area contributed by atoms with Crippen LogP contribution in [-0.2, 0) is 23.1 Å². The van der Waals surface area contributed by atoms with Crippen LogP contribution in [-0.4, -0.2) is 36.1 Å². The summed E-state index contributed by atoms with van der Waals surface area (Å²) in [5.74, 6) is 0. The van der Waals surface area contributed by atoms with Crippen molar-refractivity contribution in [3.05, 3.63) is 22.0 Å². The molecular formula is C16H28N4O4S. The topological polar surface area (TPSA) is 105 Å². The number of nitrogens with zero attached hydrogens (tertiary/aromatic N) is 3. The Morgan fingerprint density at radius 2 is 2.16 bits per heavy atom. The smallest absolute Gasteiger partial charge is 0.312 e. The molecule has 142 valence electrons. The fourth-order valence-corrected chi connectivity index (χ4v) is 3.86. The second-order valence-corrected chi connectivity index (χ2v) is 9.46. The van der Waals surface area contributed by atoms with Crippen molar-refractivity contribution in [2.24, 2.45) is 7.05 Å². The summed E-state index contributed by atoms with van der Waals surface area (Å²) in [7, 11) is 1.70. The van der Waals surface area contributed by atoms with Gasteiger partial charge in [-0.05, 0) is 46.5 Å². The Labute approximate surface area is 151 Å². The average Bonchev–Trinajstić information content (AvgIpc) is 2.78. The van der Waals surface area contributed by atoms with Gasteiger partial charge in [0.1, 0.15) is 22.7 Å². The summed E-state index contributed by atoms with van der Waals surface area (Å²) in [6, 6.07) is 0.0577. The molecule has 0 saturated carbocycles. The maximum Gasteiger partial charge on any atom is 0.312 e. The molecule has 1 N–H and O–H groups in total. The first-order chi connectivity index (χ1) is 11.6. The van der Waals surface area contributed by atoms with Gasteiger partial charge in [0, 0.05) is 18.4 Å². The lowest BCUT2D eigenvalue weighted by Crippen LogP contribution is -2.45. The zero-order valence-electron chi connectivity index (χ0n) is 15.5. The molecule has 1 aliphatic rings. The molecule has 0 aliphatic carbocycles. The van der Waals surface area contributed by atoms with E-state index in [1.54, 1.807) is 7.05 Å². The molecule has 1 aliphatic heterocycles. The molecule has 4 unspecified atom stereocenters.